The maximum Gasteiger partial charge on any atom is 0.327 e. The molecule has 0 bridgehead atoms. The van der Waals surface area contributed by atoms with Gasteiger partial charge in [-0.3, -0.25) is 9.59 Å². The van der Waals surface area contributed by atoms with E-state index in [1.807, 2.05) is 0 Å². The van der Waals surface area contributed by atoms with Gasteiger partial charge in [0.25, 0.3) is 5.56 Å². The number of carbonyl (C=O) groups is 1. The Morgan fingerprint density at radius 3 is 2.47 bits per heavy atom. The van der Waals surface area contributed by atoms with Crippen LogP contribution in [0.25, 0.3) is 0 Å². The van der Waals surface area contributed by atoms with Crippen LogP contribution in [-0.2, 0) is 22.7 Å². The largest absolute Gasteiger partial charge is 0.487 e. The Labute approximate surface area is 191 Å². The van der Waals surface area contributed by atoms with Crippen molar-refractivity contribution in [1.29, 1.82) is 0 Å². The Bertz CT molecular complexity index is 1200. The number of aryl methyl sites for hydroxylation is 1. The van der Waals surface area contributed by atoms with Gasteiger partial charge in [0.1, 0.15) is 34.5 Å². The number of aromatic nitrogens is 1. The lowest BCUT2D eigenvalue weighted by Crippen LogP contribution is -2.24. The third-order valence-corrected chi connectivity index (χ3v) is 5.68. The van der Waals surface area contributed by atoms with E-state index < -0.39 is 23.6 Å². The van der Waals surface area contributed by atoms with Crippen LogP contribution in [0.3, 0.4) is 0 Å². The van der Waals surface area contributed by atoms with Crippen LogP contribution < -0.4 is 16.0 Å². The summed E-state index contributed by atoms with van der Waals surface area (Å²) in [4.78, 5) is 24.4. The average Bonchev–Trinajstić information content (AvgIpc) is 2.78. The highest BCUT2D eigenvalue weighted by molar-refractivity contribution is 9.10. The van der Waals surface area contributed by atoms with Gasteiger partial charge in [-0.15, -0.1) is 0 Å². The predicted octanol–water partition coefficient (Wildman–Crippen LogP) is 4.00. The predicted molar refractivity (Wildman–Crippen MR) is 118 cm³/mol. The summed E-state index contributed by atoms with van der Waals surface area (Å²) in [5.74, 6) is -1.68. The number of esters is 1. The number of methoxy groups -OCH3 is 1. The van der Waals surface area contributed by atoms with Gasteiger partial charge in [-0.25, -0.2) is 8.78 Å². The summed E-state index contributed by atoms with van der Waals surface area (Å²) in [5.41, 5.74) is 7.73. The number of ether oxygens (including phenoxy) is 2. The summed E-state index contributed by atoms with van der Waals surface area (Å²) in [6, 6.07) is 11.0. The number of hydrogen-bond acceptors (Lipinski definition) is 5. The van der Waals surface area contributed by atoms with Gasteiger partial charge in [-0.05, 0) is 46.1 Å². The third-order valence-electron chi connectivity index (χ3n) is 4.95. The molecule has 0 fully saturated rings. The highest BCUT2D eigenvalue weighted by atomic mass is 79.9. The van der Waals surface area contributed by atoms with Gasteiger partial charge < -0.3 is 19.8 Å². The topological polar surface area (TPSA) is 83.6 Å². The Kier molecular flexibility index (Phi) is 7.42. The monoisotopic (exact) mass is 506 g/mol. The van der Waals surface area contributed by atoms with Crippen molar-refractivity contribution >= 4 is 21.9 Å². The molecule has 0 spiro atoms. The summed E-state index contributed by atoms with van der Waals surface area (Å²) in [7, 11) is 1.27. The molecule has 0 aliphatic heterocycles. The van der Waals surface area contributed by atoms with E-state index in [1.165, 1.54) is 13.2 Å². The van der Waals surface area contributed by atoms with Crippen LogP contribution in [-0.4, -0.2) is 17.6 Å². The Morgan fingerprint density at radius 2 is 1.84 bits per heavy atom. The molecule has 1 unspecified atom stereocenters. The number of rotatable bonds is 7. The zero-order chi connectivity index (χ0) is 23.4. The van der Waals surface area contributed by atoms with Crippen LogP contribution in [0.2, 0.25) is 0 Å². The van der Waals surface area contributed by atoms with Gasteiger partial charge in [0.2, 0.25) is 0 Å². The smallest absolute Gasteiger partial charge is 0.327 e. The first-order valence-electron chi connectivity index (χ1n) is 9.60. The van der Waals surface area contributed by atoms with Crippen LogP contribution in [0.5, 0.6) is 5.75 Å². The SMILES string of the molecule is COC(=O)C(N)c1ccc(Cn2c(C)cc(OCc3ccc(F)cc3F)c(Br)c2=O)cc1. The van der Waals surface area contributed by atoms with Gasteiger partial charge in [-0.2, -0.15) is 0 Å². The molecule has 2 N–H and O–H groups in total. The molecule has 1 heterocycles. The molecule has 0 radical (unpaired) electrons. The number of hydrogen-bond donors (Lipinski definition) is 1. The van der Waals surface area contributed by atoms with E-state index in [9.17, 15) is 18.4 Å². The summed E-state index contributed by atoms with van der Waals surface area (Å²) < 4.78 is 38.9. The Balaban J connectivity index is 1.78. The number of carbonyl (C=O) groups excluding carboxylic acids is 1. The van der Waals surface area contributed by atoms with E-state index in [0.717, 1.165) is 17.7 Å². The molecule has 1 aromatic heterocycles. The lowest BCUT2D eigenvalue weighted by molar-refractivity contribution is -0.142. The van der Waals surface area contributed by atoms with Gasteiger partial charge >= 0.3 is 5.97 Å². The molecule has 1 atom stereocenters. The van der Waals surface area contributed by atoms with Crippen LogP contribution in [0.15, 0.2) is 57.8 Å². The van der Waals surface area contributed by atoms with Crippen molar-refractivity contribution in [2.45, 2.75) is 26.1 Å². The molecule has 2 aromatic carbocycles. The van der Waals surface area contributed by atoms with Crippen molar-refractivity contribution in [3.63, 3.8) is 0 Å². The van der Waals surface area contributed by atoms with E-state index in [1.54, 1.807) is 41.8 Å². The maximum absolute atomic E-state index is 13.8. The molecule has 0 aliphatic rings. The second-order valence-electron chi connectivity index (χ2n) is 7.12. The van der Waals surface area contributed by atoms with Gasteiger partial charge in [0.05, 0.1) is 13.7 Å². The highest BCUT2D eigenvalue weighted by Gasteiger charge is 2.17. The van der Waals surface area contributed by atoms with E-state index in [4.69, 9.17) is 10.5 Å². The van der Waals surface area contributed by atoms with E-state index >= 15 is 0 Å². The molecule has 0 saturated carbocycles. The summed E-state index contributed by atoms with van der Waals surface area (Å²) in [5, 5.41) is 0. The number of pyridine rings is 1. The van der Waals surface area contributed by atoms with Crippen molar-refractivity contribution in [2.75, 3.05) is 7.11 Å². The van der Waals surface area contributed by atoms with Crippen molar-refractivity contribution < 1.29 is 23.0 Å². The fourth-order valence-electron chi connectivity index (χ4n) is 3.09. The quantitative estimate of drug-likeness (QED) is 0.489. The third kappa shape index (κ3) is 5.23. The minimum atomic E-state index is -0.880. The number of nitrogens with two attached hydrogens (primary N) is 1. The van der Waals surface area contributed by atoms with Crippen molar-refractivity contribution in [3.8, 4) is 5.75 Å². The van der Waals surface area contributed by atoms with Crippen LogP contribution >= 0.6 is 15.9 Å². The second-order valence-corrected chi connectivity index (χ2v) is 7.92. The molecule has 0 saturated heterocycles. The maximum atomic E-state index is 13.8. The number of nitrogens with zero attached hydrogens (tertiary/aromatic N) is 1. The molecule has 3 rings (SSSR count). The van der Waals surface area contributed by atoms with Crippen molar-refractivity contribution in [1.82, 2.24) is 4.57 Å². The zero-order valence-corrected chi connectivity index (χ0v) is 19.0. The first-order valence-corrected chi connectivity index (χ1v) is 10.4. The molecule has 0 aliphatic carbocycles. The highest BCUT2D eigenvalue weighted by Crippen LogP contribution is 2.24. The molecule has 32 heavy (non-hydrogen) atoms. The molecular weight excluding hydrogens is 486 g/mol. The fourth-order valence-corrected chi connectivity index (χ4v) is 3.53. The summed E-state index contributed by atoms with van der Waals surface area (Å²) in [6.07, 6.45) is 0. The lowest BCUT2D eigenvalue weighted by Gasteiger charge is -2.15. The average molecular weight is 507 g/mol. The summed E-state index contributed by atoms with van der Waals surface area (Å²) >= 11 is 3.26. The fraction of sp³-hybridized carbons (Fsp3) is 0.217. The lowest BCUT2D eigenvalue weighted by atomic mass is 10.1. The standard InChI is InChI=1S/C23H21BrF2N2O4/c1-13-9-19(32-12-16-7-8-17(25)10-18(16)26)20(24)22(29)28(13)11-14-3-5-15(6-4-14)21(27)23(30)31-2/h3-10,21H,11-12,27H2,1-2H3. The second kappa shape index (κ2) is 10.1. The Hall–Kier alpha value is -3.04. The van der Waals surface area contributed by atoms with Crippen molar-refractivity contribution in [2.24, 2.45) is 5.73 Å². The normalized spacial score (nSPS) is 11.8. The molecule has 9 heteroatoms. The summed E-state index contributed by atoms with van der Waals surface area (Å²) in [6.45, 7) is 1.88. The Morgan fingerprint density at radius 1 is 1.16 bits per heavy atom. The first kappa shape index (κ1) is 23.6. The first-order chi connectivity index (χ1) is 15.2. The minimum absolute atomic E-state index is 0.157. The molecule has 168 valence electrons. The van der Waals surface area contributed by atoms with Gasteiger partial charge in [-0.1, -0.05) is 24.3 Å². The zero-order valence-electron chi connectivity index (χ0n) is 17.4. The molecule has 3 aromatic rings. The molecule has 6 nitrogen and oxygen atoms in total. The van der Waals surface area contributed by atoms with Crippen LogP contribution in [0, 0.1) is 18.6 Å². The van der Waals surface area contributed by atoms with E-state index in [2.05, 4.69) is 20.7 Å². The van der Waals surface area contributed by atoms with Crippen LogP contribution in [0.1, 0.15) is 28.4 Å². The minimum Gasteiger partial charge on any atom is -0.487 e. The molecule has 0 amide bonds. The molecular formula is C23H21BrF2N2O4. The number of halogens is 3. The van der Waals surface area contributed by atoms with Crippen molar-refractivity contribution in [3.05, 3.63) is 97.4 Å². The van der Waals surface area contributed by atoms with Gasteiger partial charge in [0, 0.05) is 23.4 Å². The van der Waals surface area contributed by atoms with Crippen LogP contribution in [0.4, 0.5) is 8.78 Å². The van der Waals surface area contributed by atoms with Gasteiger partial charge in [0.15, 0.2) is 0 Å². The number of benzene rings is 2. The van der Waals surface area contributed by atoms with E-state index in [0.29, 0.717) is 11.3 Å². The van der Waals surface area contributed by atoms with E-state index in [-0.39, 0.29) is 34.5 Å².